The summed E-state index contributed by atoms with van der Waals surface area (Å²) in [7, 11) is 5.22. The number of hydrogen-bond acceptors (Lipinski definition) is 3. The third-order valence-electron chi connectivity index (χ3n) is 1.55. The van der Waals surface area contributed by atoms with Gasteiger partial charge in [0.15, 0.2) is 0 Å². The van der Waals surface area contributed by atoms with E-state index in [1.54, 1.807) is 28.7 Å². The van der Waals surface area contributed by atoms with Crippen LogP contribution >= 0.6 is 21.6 Å². The van der Waals surface area contributed by atoms with Crippen LogP contribution in [0.15, 0.2) is 23.1 Å². The molecular formula is C9H12OS2. The Morgan fingerprint density at radius 2 is 2.08 bits per heavy atom. The Hall–Kier alpha value is -0.280. The third kappa shape index (κ3) is 2.35. The highest BCUT2D eigenvalue weighted by Gasteiger charge is 1.98. The van der Waals surface area contributed by atoms with Gasteiger partial charge in [-0.05, 0) is 36.9 Å². The van der Waals surface area contributed by atoms with E-state index >= 15 is 0 Å². The normalized spacial score (nSPS) is 9.92. The van der Waals surface area contributed by atoms with E-state index in [0.717, 1.165) is 5.75 Å². The molecular weight excluding hydrogens is 188 g/mol. The van der Waals surface area contributed by atoms with Crippen molar-refractivity contribution < 1.29 is 4.74 Å². The van der Waals surface area contributed by atoms with Crippen LogP contribution < -0.4 is 4.74 Å². The summed E-state index contributed by atoms with van der Waals surface area (Å²) in [6.07, 6.45) is 2.07. The van der Waals surface area contributed by atoms with Crippen LogP contribution in [0.1, 0.15) is 5.56 Å². The van der Waals surface area contributed by atoms with Gasteiger partial charge in [0.2, 0.25) is 0 Å². The molecule has 0 amide bonds. The second-order valence-electron chi connectivity index (χ2n) is 2.38. The van der Waals surface area contributed by atoms with Crippen molar-refractivity contribution >= 4 is 21.6 Å². The Balaban J connectivity index is 2.86. The topological polar surface area (TPSA) is 9.23 Å². The van der Waals surface area contributed by atoms with Gasteiger partial charge in [-0.25, -0.2) is 0 Å². The molecule has 0 radical (unpaired) electrons. The Labute approximate surface area is 81.3 Å². The lowest BCUT2D eigenvalue weighted by atomic mass is 10.2. The monoisotopic (exact) mass is 200 g/mol. The molecule has 66 valence electrons. The van der Waals surface area contributed by atoms with Crippen LogP contribution in [0.5, 0.6) is 5.75 Å². The molecule has 0 aliphatic rings. The van der Waals surface area contributed by atoms with Crippen molar-refractivity contribution in [3.63, 3.8) is 0 Å². The molecule has 0 saturated carbocycles. The molecule has 0 aliphatic carbocycles. The average molecular weight is 200 g/mol. The van der Waals surface area contributed by atoms with Crippen molar-refractivity contribution in [2.24, 2.45) is 0 Å². The molecule has 0 spiro atoms. The van der Waals surface area contributed by atoms with Crippen LogP contribution in [0.3, 0.4) is 0 Å². The molecule has 0 saturated heterocycles. The van der Waals surface area contributed by atoms with Crippen LogP contribution in [0.25, 0.3) is 0 Å². The molecule has 1 aromatic rings. The minimum absolute atomic E-state index is 0.959. The van der Waals surface area contributed by atoms with Gasteiger partial charge in [0.25, 0.3) is 0 Å². The maximum Gasteiger partial charge on any atom is 0.121 e. The SMILES string of the molecule is COc1ccc(SSC)cc1C. The van der Waals surface area contributed by atoms with Gasteiger partial charge in [-0.1, -0.05) is 21.6 Å². The first kappa shape index (κ1) is 9.81. The maximum absolute atomic E-state index is 5.16. The number of methoxy groups -OCH3 is 1. The molecule has 0 unspecified atom stereocenters. The van der Waals surface area contributed by atoms with E-state index < -0.39 is 0 Å². The minimum Gasteiger partial charge on any atom is -0.496 e. The summed E-state index contributed by atoms with van der Waals surface area (Å²) < 4.78 is 5.16. The largest absolute Gasteiger partial charge is 0.496 e. The minimum atomic E-state index is 0.959. The predicted octanol–water partition coefficient (Wildman–Crippen LogP) is 3.37. The summed E-state index contributed by atoms with van der Waals surface area (Å²) in [6, 6.07) is 6.22. The quantitative estimate of drug-likeness (QED) is 0.692. The Morgan fingerprint density at radius 1 is 1.33 bits per heavy atom. The fourth-order valence-corrected chi connectivity index (χ4v) is 2.43. The van der Waals surface area contributed by atoms with Gasteiger partial charge < -0.3 is 4.74 Å². The summed E-state index contributed by atoms with van der Waals surface area (Å²) in [6.45, 7) is 2.06. The number of hydrogen-bond donors (Lipinski definition) is 0. The highest BCUT2D eigenvalue weighted by Crippen LogP contribution is 2.31. The molecule has 12 heavy (non-hydrogen) atoms. The second-order valence-corrected chi connectivity index (χ2v) is 4.85. The van der Waals surface area contributed by atoms with Gasteiger partial charge in [0, 0.05) is 4.90 Å². The van der Waals surface area contributed by atoms with Gasteiger partial charge in [-0.2, -0.15) is 0 Å². The Bertz CT molecular complexity index is 261. The fourth-order valence-electron chi connectivity index (χ4n) is 0.999. The van der Waals surface area contributed by atoms with Gasteiger partial charge in [-0.3, -0.25) is 0 Å². The van der Waals surface area contributed by atoms with Crippen molar-refractivity contribution in [1.82, 2.24) is 0 Å². The van der Waals surface area contributed by atoms with E-state index in [-0.39, 0.29) is 0 Å². The highest BCUT2D eigenvalue weighted by molar-refractivity contribution is 8.76. The van der Waals surface area contributed by atoms with E-state index in [4.69, 9.17) is 4.74 Å². The molecule has 1 nitrogen and oxygen atoms in total. The van der Waals surface area contributed by atoms with Crippen LogP contribution in [-0.4, -0.2) is 13.4 Å². The van der Waals surface area contributed by atoms with Crippen molar-refractivity contribution in [2.45, 2.75) is 11.8 Å². The van der Waals surface area contributed by atoms with Gasteiger partial charge in [-0.15, -0.1) is 0 Å². The van der Waals surface area contributed by atoms with Crippen molar-refractivity contribution in [2.75, 3.05) is 13.4 Å². The van der Waals surface area contributed by atoms with E-state index in [2.05, 4.69) is 25.3 Å². The van der Waals surface area contributed by atoms with E-state index in [0.29, 0.717) is 0 Å². The molecule has 3 heteroatoms. The van der Waals surface area contributed by atoms with Gasteiger partial charge in [0.1, 0.15) is 5.75 Å². The van der Waals surface area contributed by atoms with Crippen molar-refractivity contribution in [3.8, 4) is 5.75 Å². The van der Waals surface area contributed by atoms with Crippen LogP contribution in [0, 0.1) is 6.92 Å². The Morgan fingerprint density at radius 3 is 2.58 bits per heavy atom. The summed E-state index contributed by atoms with van der Waals surface area (Å²) in [5.74, 6) is 0.959. The summed E-state index contributed by atoms with van der Waals surface area (Å²) in [4.78, 5) is 1.28. The lowest BCUT2D eigenvalue weighted by Gasteiger charge is -2.05. The van der Waals surface area contributed by atoms with Gasteiger partial charge >= 0.3 is 0 Å². The van der Waals surface area contributed by atoms with E-state index in [9.17, 15) is 0 Å². The Kier molecular flexibility index (Phi) is 3.82. The zero-order valence-electron chi connectivity index (χ0n) is 7.46. The van der Waals surface area contributed by atoms with Crippen LogP contribution in [0.4, 0.5) is 0 Å². The first-order valence-electron chi connectivity index (χ1n) is 3.63. The molecule has 1 rings (SSSR count). The lowest BCUT2D eigenvalue weighted by Crippen LogP contribution is -1.85. The molecule has 0 atom stereocenters. The molecule has 0 N–H and O–H groups in total. The van der Waals surface area contributed by atoms with E-state index in [1.165, 1.54) is 10.5 Å². The summed E-state index contributed by atoms with van der Waals surface area (Å²) >= 11 is 0. The van der Waals surface area contributed by atoms with Crippen LogP contribution in [-0.2, 0) is 0 Å². The zero-order valence-corrected chi connectivity index (χ0v) is 9.09. The van der Waals surface area contributed by atoms with Gasteiger partial charge in [0.05, 0.1) is 7.11 Å². The number of ether oxygens (including phenoxy) is 1. The lowest BCUT2D eigenvalue weighted by molar-refractivity contribution is 0.411. The number of aryl methyl sites for hydroxylation is 1. The first-order valence-corrected chi connectivity index (χ1v) is 6.19. The molecule has 0 heterocycles. The maximum atomic E-state index is 5.16. The fraction of sp³-hybridized carbons (Fsp3) is 0.333. The second kappa shape index (κ2) is 4.67. The first-order chi connectivity index (χ1) is 5.77. The smallest absolute Gasteiger partial charge is 0.121 e. The standard InChI is InChI=1S/C9H12OS2/c1-7-6-8(12-11-3)4-5-9(7)10-2/h4-6H,1-3H3. The van der Waals surface area contributed by atoms with Crippen molar-refractivity contribution in [1.29, 1.82) is 0 Å². The van der Waals surface area contributed by atoms with Crippen molar-refractivity contribution in [3.05, 3.63) is 23.8 Å². The summed E-state index contributed by atoms with van der Waals surface area (Å²) in [5, 5.41) is 0. The average Bonchev–Trinajstić information content (AvgIpc) is 2.05. The number of rotatable bonds is 3. The molecule has 0 bridgehead atoms. The number of benzene rings is 1. The molecule has 1 aromatic carbocycles. The zero-order chi connectivity index (χ0) is 8.97. The third-order valence-corrected chi connectivity index (χ3v) is 3.24. The molecule has 0 aliphatic heterocycles. The molecule has 0 aromatic heterocycles. The van der Waals surface area contributed by atoms with Crippen LogP contribution in [0.2, 0.25) is 0 Å². The summed E-state index contributed by atoms with van der Waals surface area (Å²) in [5.41, 5.74) is 1.19. The highest BCUT2D eigenvalue weighted by atomic mass is 33.1. The van der Waals surface area contributed by atoms with E-state index in [1.807, 2.05) is 6.07 Å². The predicted molar refractivity (Wildman–Crippen MR) is 57.1 cm³/mol. The molecule has 0 fully saturated rings.